The Bertz CT molecular complexity index is 2650. The van der Waals surface area contributed by atoms with Crippen LogP contribution in [0.3, 0.4) is 0 Å². The number of piperidine rings is 1. The number of fused-ring (bicyclic) bond motifs is 3. The average Bonchev–Trinajstić information content (AvgIpc) is 3.39. The zero-order chi connectivity index (χ0) is 61.7. The molecule has 2 amide bonds. The normalized spacial score (nSPS) is 35.1. The molecule has 3 aliphatic heterocycles. The van der Waals surface area contributed by atoms with Gasteiger partial charge in [-0.15, -0.1) is 0 Å². The number of carbonyl (C=O) groups excluding carboxylic acids is 6. The van der Waals surface area contributed by atoms with Crippen LogP contribution in [0.4, 0.5) is 10.5 Å². The van der Waals surface area contributed by atoms with E-state index in [2.05, 4.69) is 0 Å². The molecule has 1 aromatic rings. The summed E-state index contributed by atoms with van der Waals surface area (Å²) >= 11 is 0. The molecule has 3 heterocycles. The maximum atomic E-state index is 14.7. The molecule has 1 saturated carbocycles. The van der Waals surface area contributed by atoms with E-state index in [0.29, 0.717) is 63.4 Å². The van der Waals surface area contributed by atoms with Crippen molar-refractivity contribution in [3.05, 3.63) is 71.9 Å². The smallest absolute Gasteiger partial charge is 0.414 e. The minimum atomic E-state index is -4.81. The number of hydrogen-bond donors (Lipinski definition) is 5. The van der Waals surface area contributed by atoms with Crippen LogP contribution in [0.1, 0.15) is 126 Å². The third-order valence-corrected chi connectivity index (χ3v) is 21.1. The van der Waals surface area contributed by atoms with Gasteiger partial charge in [-0.1, -0.05) is 71.1 Å². The molecule has 0 aromatic heterocycles. The SMILES string of the molecule is CO[C@H]1C[C@@H]2CC[C@@H](C)[C@@](O)(O2)C(=O)C(=O)N2CCCC[C@H]2C(=O)O[C@H]([C@H](C)C[C@H]2CC[C@@H](OC(=O)N(C)c3ccc(P(=O)(O)CP(=O)(O)O)cc3)[C@H](OC)C2)CC(=O)[C@H](C)/C=C(\C)[C@@H](O)[C@@H](OC)C(=O)[C@H](C)C[C@H](C)/C=C/C=C/C=C/1C. The Labute approximate surface area is 488 Å². The third kappa shape index (κ3) is 18.7. The number of esters is 1. The summed E-state index contributed by atoms with van der Waals surface area (Å²) in [5.74, 6) is -10.2. The van der Waals surface area contributed by atoms with Crippen LogP contribution in [0.5, 0.6) is 0 Å². The fourth-order valence-electron chi connectivity index (χ4n) is 11.8. The number of Topliss-reactive ketones (excluding diaryl/α,β-unsaturated/α-hetero) is 3. The zero-order valence-electron chi connectivity index (χ0n) is 50.0. The second kappa shape index (κ2) is 30.7. The molecule has 23 heteroatoms. The van der Waals surface area contributed by atoms with Gasteiger partial charge in [0.25, 0.3) is 11.7 Å². The first-order valence-corrected chi connectivity index (χ1v) is 32.5. The number of nitrogens with zero attached hydrogens (tertiary/aromatic N) is 2. The van der Waals surface area contributed by atoms with Crippen LogP contribution in [-0.2, 0) is 61.5 Å². The summed E-state index contributed by atoms with van der Waals surface area (Å²) in [6.07, 6.45) is 8.31. The first kappa shape index (κ1) is 69.3. The summed E-state index contributed by atoms with van der Waals surface area (Å²) in [4.78, 5) is 116. The quantitative estimate of drug-likeness (QED) is 0.0620. The Morgan fingerprint density at radius 1 is 0.843 bits per heavy atom. The first-order chi connectivity index (χ1) is 38.9. The number of ether oxygens (including phenoxy) is 6. The highest BCUT2D eigenvalue weighted by molar-refractivity contribution is 7.77. The molecule has 0 spiro atoms. The molecule has 1 unspecified atom stereocenters. The van der Waals surface area contributed by atoms with Crippen LogP contribution in [0.2, 0.25) is 0 Å². The lowest BCUT2D eigenvalue weighted by Gasteiger charge is -2.42. The van der Waals surface area contributed by atoms with Crippen molar-refractivity contribution in [2.75, 3.05) is 45.7 Å². The Hall–Kier alpha value is -4.50. The molecule has 21 nitrogen and oxygen atoms in total. The summed E-state index contributed by atoms with van der Waals surface area (Å²) < 4.78 is 59.9. The molecule has 464 valence electrons. The number of hydrogen-bond acceptors (Lipinski definition) is 16. The number of aliphatic hydroxyl groups excluding tert-OH is 1. The van der Waals surface area contributed by atoms with Crippen molar-refractivity contribution in [2.24, 2.45) is 35.5 Å². The van der Waals surface area contributed by atoms with E-state index in [1.165, 1.54) is 50.4 Å². The lowest BCUT2D eigenvalue weighted by atomic mass is 9.78. The van der Waals surface area contributed by atoms with Crippen LogP contribution in [0.25, 0.3) is 0 Å². The van der Waals surface area contributed by atoms with Gasteiger partial charge in [-0.2, -0.15) is 0 Å². The van der Waals surface area contributed by atoms with Crippen LogP contribution >= 0.6 is 15.0 Å². The van der Waals surface area contributed by atoms with E-state index >= 15 is 0 Å². The highest BCUT2D eigenvalue weighted by Crippen LogP contribution is 2.54. The number of benzene rings is 1. The number of rotatable bonds is 11. The summed E-state index contributed by atoms with van der Waals surface area (Å²) in [6.45, 7) is 12.4. The second-order valence-electron chi connectivity index (χ2n) is 23.5. The van der Waals surface area contributed by atoms with Crippen LogP contribution in [0, 0.1) is 35.5 Å². The van der Waals surface area contributed by atoms with Crippen molar-refractivity contribution in [2.45, 2.75) is 180 Å². The van der Waals surface area contributed by atoms with Crippen molar-refractivity contribution < 1.29 is 91.2 Å². The van der Waals surface area contributed by atoms with E-state index in [4.69, 9.17) is 28.4 Å². The number of ketones is 3. The molecule has 5 N–H and O–H groups in total. The van der Waals surface area contributed by atoms with Gasteiger partial charge in [0, 0.05) is 76.5 Å². The average molecular weight is 1210 g/mol. The lowest BCUT2D eigenvalue weighted by molar-refractivity contribution is -0.265. The Morgan fingerprint density at radius 3 is 2.17 bits per heavy atom. The van der Waals surface area contributed by atoms with Gasteiger partial charge < -0.3 is 58.2 Å². The maximum Gasteiger partial charge on any atom is 0.414 e. The van der Waals surface area contributed by atoms with Crippen molar-refractivity contribution in [3.8, 4) is 0 Å². The number of amides is 2. The van der Waals surface area contributed by atoms with E-state index in [1.54, 1.807) is 40.9 Å². The monoisotopic (exact) mass is 1200 g/mol. The van der Waals surface area contributed by atoms with Gasteiger partial charge in [-0.3, -0.25) is 33.2 Å². The van der Waals surface area contributed by atoms with Gasteiger partial charge in [0.2, 0.25) is 13.2 Å². The number of aliphatic hydroxyl groups is 2. The maximum absolute atomic E-state index is 14.7. The third-order valence-electron chi connectivity index (χ3n) is 17.0. The molecule has 0 radical (unpaired) electrons. The molecular formula is C60H90N2O19P2. The number of anilines is 1. The standard InChI is InChI=1S/C60H90N2O19P2/c1-36-17-13-12-14-18-37(2)50(76-9)33-45-24-20-42(7)60(70,81-45)56(66)57(67)62-28-16-15-19-47(62)58(68)79-51(34-48(63)38(3)30-41(6)54(65)55(78-11)53(64)40(5)29-36)39(4)31-43-21-27-49(52(32-43)77-10)80-59(69)61(8)44-22-25-46(26-23-44)82(71,72)35-83(73,74)75/h12-14,17-18,22-23,25-26,30,36,38-40,42-43,45,47,49-52,54-55,65,70H,15-16,19-21,24,27-29,31-35H2,1-11H3,(H,71,72)(H2,73,74,75)/b14-12+,17-13+,37-18+,41-30+/t36-,38-,39-,40-,42-,43-,45+,47+,49-,50+,51+,52-,54-,55+,60-/m1/s1. The first-order valence-electron chi connectivity index (χ1n) is 28.8. The second-order valence-corrected chi connectivity index (χ2v) is 27.9. The molecule has 83 heavy (non-hydrogen) atoms. The van der Waals surface area contributed by atoms with Crippen LogP contribution < -0.4 is 10.2 Å². The van der Waals surface area contributed by atoms with Gasteiger partial charge >= 0.3 is 19.7 Å². The highest BCUT2D eigenvalue weighted by Gasteiger charge is 2.53. The Balaban J connectivity index is 1.41. The van der Waals surface area contributed by atoms with Crippen molar-refractivity contribution >= 4 is 61.3 Å². The minimum Gasteiger partial charge on any atom is -0.460 e. The highest BCUT2D eigenvalue weighted by atomic mass is 31.2. The number of cyclic esters (lactones) is 1. The van der Waals surface area contributed by atoms with Gasteiger partial charge in [0.1, 0.15) is 42.1 Å². The fourth-order valence-corrected chi connectivity index (χ4v) is 15.1. The lowest BCUT2D eigenvalue weighted by Crippen LogP contribution is -2.61. The minimum absolute atomic E-state index is 0.0188. The Morgan fingerprint density at radius 2 is 1.53 bits per heavy atom. The van der Waals surface area contributed by atoms with Gasteiger partial charge in [-0.25, -0.2) is 9.59 Å². The van der Waals surface area contributed by atoms with Gasteiger partial charge in [0.15, 0.2) is 5.78 Å². The summed E-state index contributed by atoms with van der Waals surface area (Å²) in [5, 5.41) is 23.4. The van der Waals surface area contributed by atoms with E-state index in [0.717, 1.165) is 10.5 Å². The predicted octanol–water partition coefficient (Wildman–Crippen LogP) is 7.49. The summed E-state index contributed by atoms with van der Waals surface area (Å²) in [5.41, 5.74) is 1.45. The van der Waals surface area contributed by atoms with E-state index in [9.17, 15) is 62.8 Å². The fraction of sp³-hybridized carbons (Fsp3) is 0.667. The molecule has 5 rings (SSSR count). The molecule has 16 atom stereocenters. The van der Waals surface area contributed by atoms with Gasteiger partial charge in [0.05, 0.1) is 18.3 Å². The molecule has 4 aliphatic rings. The molecule has 2 bridgehead atoms. The molecule has 3 fully saturated rings. The van der Waals surface area contributed by atoms with Crippen molar-refractivity contribution in [1.82, 2.24) is 4.90 Å². The van der Waals surface area contributed by atoms with Crippen LogP contribution in [0.15, 0.2) is 71.9 Å². The predicted molar refractivity (Wildman–Crippen MR) is 311 cm³/mol. The molecule has 1 aliphatic carbocycles. The van der Waals surface area contributed by atoms with Crippen LogP contribution in [-0.4, -0.2) is 160 Å². The molecule has 1 aromatic carbocycles. The summed E-state index contributed by atoms with van der Waals surface area (Å²) in [7, 11) is -3.38. The molecular weight excluding hydrogens is 1110 g/mol. The van der Waals surface area contributed by atoms with E-state index < -0.39 is 123 Å². The van der Waals surface area contributed by atoms with Crippen molar-refractivity contribution in [1.29, 1.82) is 0 Å². The topological polar surface area (TPSA) is 300 Å². The number of allylic oxidation sites excluding steroid dienone is 6. The number of methoxy groups -OCH3 is 3. The van der Waals surface area contributed by atoms with Crippen molar-refractivity contribution in [3.63, 3.8) is 0 Å². The largest absolute Gasteiger partial charge is 0.460 e. The van der Waals surface area contributed by atoms with E-state index in [1.807, 2.05) is 51.2 Å². The Kier molecular flexibility index (Phi) is 25.6. The van der Waals surface area contributed by atoms with E-state index in [-0.39, 0.29) is 60.2 Å². The van der Waals surface area contributed by atoms with Gasteiger partial charge in [-0.05, 0) is 131 Å². The molecule has 2 saturated heterocycles. The summed E-state index contributed by atoms with van der Waals surface area (Å²) in [6, 6.07) is 3.90. The number of carbonyl (C=O) groups is 6. The zero-order valence-corrected chi connectivity index (χ0v) is 51.8.